The number of esters is 2. The Hall–Kier alpha value is -0.320. The second-order valence-corrected chi connectivity index (χ2v) is 7.56. The first-order valence-electron chi connectivity index (χ1n) is 11.7. The summed E-state index contributed by atoms with van der Waals surface area (Å²) in [5.74, 6) is -0.990. The topological polar surface area (TPSA) is 52.6 Å². The van der Waals surface area contributed by atoms with Gasteiger partial charge in [0.15, 0.2) is 0 Å². The van der Waals surface area contributed by atoms with E-state index in [-0.39, 0.29) is 31.0 Å². The predicted octanol–water partition coefficient (Wildman–Crippen LogP) is 4.03. The van der Waals surface area contributed by atoms with E-state index in [0.717, 1.165) is 25.0 Å². The van der Waals surface area contributed by atoms with E-state index in [2.05, 4.69) is 6.92 Å². The fraction of sp³-hybridized carbons (Fsp3) is 0.833. The number of unbranched alkanes of at least 4 members (excludes halogenated alkanes) is 15. The summed E-state index contributed by atoms with van der Waals surface area (Å²) in [5.41, 5.74) is 0. The van der Waals surface area contributed by atoms with Crippen molar-refractivity contribution in [2.75, 3.05) is 13.2 Å². The van der Waals surface area contributed by atoms with Crippen LogP contribution in [0.25, 0.3) is 0 Å². The van der Waals surface area contributed by atoms with Gasteiger partial charge in [-0.2, -0.15) is 0 Å². The van der Waals surface area contributed by atoms with E-state index in [1.165, 1.54) is 89.9 Å². The van der Waals surface area contributed by atoms with E-state index in [0.29, 0.717) is 13.2 Å². The molecule has 29 heavy (non-hydrogen) atoms. The van der Waals surface area contributed by atoms with Gasteiger partial charge in [-0.3, -0.25) is 0 Å². The summed E-state index contributed by atoms with van der Waals surface area (Å²) < 4.78 is 9.75. The van der Waals surface area contributed by atoms with Crippen LogP contribution in [0.4, 0.5) is 0 Å². The van der Waals surface area contributed by atoms with Crippen LogP contribution in [0.1, 0.15) is 118 Å². The normalized spacial score (nSPS) is 10.7. The molecule has 0 amide bonds. The van der Waals surface area contributed by atoms with Crippen molar-refractivity contribution in [3.63, 3.8) is 0 Å². The molecule has 0 atom stereocenters. The van der Waals surface area contributed by atoms with E-state index < -0.39 is 11.9 Å². The van der Waals surface area contributed by atoms with E-state index >= 15 is 0 Å². The summed E-state index contributed by atoms with van der Waals surface area (Å²) in [4.78, 5) is 22.5. The second kappa shape index (κ2) is 25.7. The van der Waals surface area contributed by atoms with E-state index in [9.17, 15) is 9.59 Å². The van der Waals surface area contributed by atoms with Crippen molar-refractivity contribution in [3.8, 4) is 0 Å². The van der Waals surface area contributed by atoms with Crippen LogP contribution in [0.2, 0.25) is 0 Å². The molecule has 0 spiro atoms. The van der Waals surface area contributed by atoms with Crippen LogP contribution < -0.4 is 29.6 Å². The van der Waals surface area contributed by atoms with Crippen LogP contribution in [-0.4, -0.2) is 25.2 Å². The molecule has 0 fully saturated rings. The number of carbonyl (C=O) groups is 2. The van der Waals surface area contributed by atoms with Crippen molar-refractivity contribution in [2.24, 2.45) is 0 Å². The Morgan fingerprint density at radius 1 is 0.586 bits per heavy atom. The maximum atomic E-state index is 11.4. The minimum atomic E-state index is -0.512. The Morgan fingerprint density at radius 3 is 1.31 bits per heavy atom. The van der Waals surface area contributed by atoms with Gasteiger partial charge in [0, 0.05) is 12.2 Å². The molecule has 0 aliphatic rings. The molecule has 0 bridgehead atoms. The smallest absolute Gasteiger partial charge is 1.00 e. The number of rotatable bonds is 20. The summed E-state index contributed by atoms with van der Waals surface area (Å²) in [6, 6.07) is 0. The molecule has 0 aromatic carbocycles. The maximum absolute atomic E-state index is 11.4. The average molecular weight is 421 g/mol. The predicted molar refractivity (Wildman–Crippen MR) is 117 cm³/mol. The van der Waals surface area contributed by atoms with Gasteiger partial charge in [-0.05, 0) is 13.3 Å². The Bertz CT molecular complexity index is 403. The van der Waals surface area contributed by atoms with E-state index in [1.807, 2.05) is 0 Å². The quantitative estimate of drug-likeness (QED) is 0.129. The van der Waals surface area contributed by atoms with Crippen molar-refractivity contribution < 1.29 is 50.0 Å². The van der Waals surface area contributed by atoms with Crippen molar-refractivity contribution in [1.82, 2.24) is 0 Å². The third-order valence-electron chi connectivity index (χ3n) is 4.88. The minimum absolute atomic E-state index is 0. The molecule has 0 saturated carbocycles. The largest absolute Gasteiger partial charge is 1.00 e. The number of carbonyl (C=O) groups excluding carboxylic acids is 2. The molecule has 4 nitrogen and oxygen atoms in total. The molecule has 166 valence electrons. The van der Waals surface area contributed by atoms with E-state index in [4.69, 9.17) is 9.47 Å². The number of hydrogen-bond donors (Lipinski definition) is 0. The molecule has 0 aromatic heterocycles. The van der Waals surface area contributed by atoms with Crippen LogP contribution in [0.5, 0.6) is 0 Å². The first-order chi connectivity index (χ1) is 13.7. The molecule has 0 rings (SSSR count). The molecule has 0 N–H and O–H groups in total. The molecular weight excluding hydrogens is 375 g/mol. The molecule has 0 radical (unpaired) electrons. The zero-order valence-corrected chi connectivity index (χ0v) is 21.5. The SMILES string of the molecule is CCCCCCCCCCCCCCCCCCOC(=O)/C=C/C(=O)OCC.[H-].[Na+]. The summed E-state index contributed by atoms with van der Waals surface area (Å²) >= 11 is 0. The molecule has 0 aromatic rings. The van der Waals surface area contributed by atoms with Crippen LogP contribution >= 0.6 is 0 Å². The second-order valence-electron chi connectivity index (χ2n) is 7.56. The van der Waals surface area contributed by atoms with Gasteiger partial charge in [-0.25, -0.2) is 9.59 Å². The molecule has 0 heterocycles. The Morgan fingerprint density at radius 2 is 0.931 bits per heavy atom. The molecule has 5 heteroatoms. The third-order valence-corrected chi connectivity index (χ3v) is 4.88. The Balaban J connectivity index is -0.00000364. The van der Waals surface area contributed by atoms with Crippen LogP contribution in [0, 0.1) is 0 Å². The fourth-order valence-electron chi connectivity index (χ4n) is 3.20. The Kier molecular flexibility index (Phi) is 27.4. The van der Waals surface area contributed by atoms with Gasteiger partial charge >= 0.3 is 41.5 Å². The van der Waals surface area contributed by atoms with Crippen LogP contribution in [0.15, 0.2) is 12.2 Å². The number of hydrogen-bond acceptors (Lipinski definition) is 4. The standard InChI is InChI=1S/C24H44O4.Na.H/c1-3-5-6-7-8-9-10-11-12-13-14-15-16-17-18-19-22-28-24(26)21-20-23(25)27-4-2;;/h20-21H,3-19,22H2,1-2H3;;/q;+1;-1/b21-20+;;. The van der Waals surface area contributed by atoms with Crippen molar-refractivity contribution >= 4 is 11.9 Å². The minimum Gasteiger partial charge on any atom is -1.00 e. The first-order valence-corrected chi connectivity index (χ1v) is 11.7. The van der Waals surface area contributed by atoms with Crippen molar-refractivity contribution in [1.29, 1.82) is 0 Å². The summed E-state index contributed by atoms with van der Waals surface area (Å²) in [5, 5.41) is 0. The zero-order chi connectivity index (χ0) is 20.7. The van der Waals surface area contributed by atoms with Gasteiger partial charge in [0.05, 0.1) is 13.2 Å². The summed E-state index contributed by atoms with van der Waals surface area (Å²) in [7, 11) is 0. The molecule has 0 aliphatic heterocycles. The van der Waals surface area contributed by atoms with Crippen molar-refractivity contribution in [2.45, 2.75) is 117 Å². The van der Waals surface area contributed by atoms with Gasteiger partial charge < -0.3 is 10.9 Å². The average Bonchev–Trinajstić information content (AvgIpc) is 2.69. The molecule has 0 saturated heterocycles. The summed E-state index contributed by atoms with van der Waals surface area (Å²) in [6.07, 6.45) is 23.4. The maximum Gasteiger partial charge on any atom is 1.00 e. The van der Waals surface area contributed by atoms with Gasteiger partial charge in [0.1, 0.15) is 0 Å². The third kappa shape index (κ3) is 25.6. The fourth-order valence-corrected chi connectivity index (χ4v) is 3.20. The Labute approximate surface area is 203 Å². The van der Waals surface area contributed by atoms with Gasteiger partial charge in [-0.1, -0.05) is 103 Å². The van der Waals surface area contributed by atoms with Crippen LogP contribution in [0.3, 0.4) is 0 Å². The van der Waals surface area contributed by atoms with Crippen LogP contribution in [-0.2, 0) is 19.1 Å². The van der Waals surface area contributed by atoms with Gasteiger partial charge in [0.25, 0.3) is 0 Å². The van der Waals surface area contributed by atoms with Crippen molar-refractivity contribution in [3.05, 3.63) is 12.2 Å². The van der Waals surface area contributed by atoms with Gasteiger partial charge in [0.2, 0.25) is 0 Å². The first kappa shape index (κ1) is 30.9. The molecule has 0 unspecified atom stereocenters. The molecular formula is C24H45NaO4. The molecule has 0 aliphatic carbocycles. The van der Waals surface area contributed by atoms with Gasteiger partial charge in [-0.15, -0.1) is 0 Å². The summed E-state index contributed by atoms with van der Waals surface area (Å²) in [6.45, 7) is 4.72. The van der Waals surface area contributed by atoms with E-state index in [1.54, 1.807) is 6.92 Å². The monoisotopic (exact) mass is 420 g/mol. The zero-order valence-electron chi connectivity index (χ0n) is 20.5. The number of ether oxygens (including phenoxy) is 2.